The van der Waals surface area contributed by atoms with Crippen LogP contribution in [-0.4, -0.2) is 52.8 Å². The number of nitrogens with one attached hydrogen (secondary N) is 2. The molecule has 2 aromatic heterocycles. The Morgan fingerprint density at radius 3 is 1.35 bits per heavy atom. The Morgan fingerprint density at radius 2 is 0.979 bits per heavy atom. The van der Waals surface area contributed by atoms with Gasteiger partial charge in [-0.15, -0.1) is 0 Å². The van der Waals surface area contributed by atoms with Crippen LogP contribution in [0.25, 0.3) is 24.3 Å². The van der Waals surface area contributed by atoms with Crippen LogP contribution in [0.3, 0.4) is 0 Å². The molecule has 2 N–H and O–H groups in total. The van der Waals surface area contributed by atoms with Gasteiger partial charge in [0, 0.05) is 101 Å². The normalized spacial score (nSPS) is 11.2. The van der Waals surface area contributed by atoms with E-state index in [2.05, 4.69) is 193 Å². The van der Waals surface area contributed by atoms with Crippen molar-refractivity contribution in [1.82, 2.24) is 10.6 Å². The molecule has 0 saturated carbocycles. The SMILES string of the molecule is C=C(C[n+]1ccccc1/C=C/c1ccc(N(C)C)cc1)NCCSSCCNC(=C)C[n+]1ccccc1/C=C/c1ccc(N(C)C)cc1. The van der Waals surface area contributed by atoms with Gasteiger partial charge in [0.1, 0.15) is 0 Å². The second-order valence-corrected chi connectivity index (χ2v) is 14.6. The second-order valence-electron chi connectivity index (χ2n) is 11.9. The second kappa shape index (κ2) is 19.4. The lowest BCUT2D eigenvalue weighted by atomic mass is 10.1. The average molecular weight is 679 g/mol. The van der Waals surface area contributed by atoms with Crippen molar-refractivity contribution in [2.75, 3.05) is 62.6 Å². The Labute approximate surface area is 296 Å². The van der Waals surface area contributed by atoms with Gasteiger partial charge in [-0.05, 0) is 59.7 Å². The number of benzene rings is 2. The molecule has 4 aromatic rings. The topological polar surface area (TPSA) is 38.3 Å². The van der Waals surface area contributed by atoms with Crippen LogP contribution in [0, 0.1) is 0 Å². The fourth-order valence-corrected chi connectivity index (χ4v) is 6.69. The Kier molecular flexibility index (Phi) is 14.7. The maximum atomic E-state index is 4.27. The molecule has 0 aliphatic heterocycles. The van der Waals surface area contributed by atoms with Crippen molar-refractivity contribution in [2.45, 2.75) is 13.1 Å². The monoisotopic (exact) mass is 678 g/mol. The highest BCUT2D eigenvalue weighted by Crippen LogP contribution is 2.20. The van der Waals surface area contributed by atoms with Gasteiger partial charge < -0.3 is 20.4 Å². The minimum absolute atomic E-state index is 0.727. The molecule has 4 rings (SSSR count). The molecule has 2 aromatic carbocycles. The molecule has 0 fully saturated rings. The highest BCUT2D eigenvalue weighted by atomic mass is 33.1. The Bertz CT molecular complexity index is 1540. The number of nitrogens with zero attached hydrogens (tertiary/aromatic N) is 4. The standard InChI is InChI=1S/C40H50N6S2/c1-33(31-45-27-9-7-11-39(45)23-17-35-13-19-37(20-14-35)43(3)4)41-25-29-47-48-30-26-42-34(2)32-46-28-10-8-12-40(46)24-18-36-15-21-38(22-16-36)44(5)6/h7-24,27-28,41-42H,1-2,25-26,29-32H2,3-6H3/q+2. The van der Waals surface area contributed by atoms with E-state index >= 15 is 0 Å². The van der Waals surface area contributed by atoms with E-state index in [4.69, 9.17) is 0 Å². The number of aromatic nitrogens is 2. The summed E-state index contributed by atoms with van der Waals surface area (Å²) in [5, 5.41) is 7.00. The number of hydrogen-bond acceptors (Lipinski definition) is 6. The molecule has 0 bridgehead atoms. The highest BCUT2D eigenvalue weighted by Gasteiger charge is 2.10. The van der Waals surface area contributed by atoms with Gasteiger partial charge in [0.2, 0.25) is 11.4 Å². The predicted octanol–water partition coefficient (Wildman–Crippen LogP) is 7.02. The molecule has 0 amide bonds. The molecule has 6 nitrogen and oxygen atoms in total. The van der Waals surface area contributed by atoms with Gasteiger partial charge in [-0.25, -0.2) is 0 Å². The van der Waals surface area contributed by atoms with Crippen LogP contribution in [-0.2, 0) is 13.1 Å². The van der Waals surface area contributed by atoms with Crippen LogP contribution in [0.4, 0.5) is 11.4 Å². The van der Waals surface area contributed by atoms with Crippen molar-refractivity contribution in [3.05, 3.63) is 144 Å². The summed E-state index contributed by atoms with van der Waals surface area (Å²) < 4.78 is 4.44. The summed E-state index contributed by atoms with van der Waals surface area (Å²) in [5.41, 5.74) is 9.05. The van der Waals surface area contributed by atoms with E-state index in [-0.39, 0.29) is 0 Å². The lowest BCUT2D eigenvalue weighted by Crippen LogP contribution is -2.40. The van der Waals surface area contributed by atoms with Gasteiger partial charge >= 0.3 is 0 Å². The summed E-state index contributed by atoms with van der Waals surface area (Å²) in [6.07, 6.45) is 12.8. The fraction of sp³-hybridized carbons (Fsp3) is 0.250. The van der Waals surface area contributed by atoms with E-state index in [1.54, 1.807) is 0 Å². The van der Waals surface area contributed by atoms with E-state index in [1.807, 2.05) is 21.6 Å². The number of hydrogen-bond donors (Lipinski definition) is 2. The maximum absolute atomic E-state index is 4.27. The van der Waals surface area contributed by atoms with Crippen LogP contribution in [0.2, 0.25) is 0 Å². The van der Waals surface area contributed by atoms with Gasteiger partial charge in [-0.3, -0.25) is 0 Å². The van der Waals surface area contributed by atoms with Gasteiger partial charge in [0.15, 0.2) is 25.5 Å². The van der Waals surface area contributed by atoms with Crippen molar-refractivity contribution in [3.63, 3.8) is 0 Å². The zero-order valence-corrected chi connectivity index (χ0v) is 30.4. The molecule has 250 valence electrons. The Balaban J connectivity index is 1.11. The first-order valence-corrected chi connectivity index (χ1v) is 18.7. The third-order valence-electron chi connectivity index (χ3n) is 7.59. The summed E-state index contributed by atoms with van der Waals surface area (Å²) in [7, 11) is 12.0. The van der Waals surface area contributed by atoms with Gasteiger partial charge in [-0.1, -0.05) is 59.0 Å². The third kappa shape index (κ3) is 12.3. The van der Waals surface area contributed by atoms with Crippen molar-refractivity contribution in [3.8, 4) is 0 Å². The van der Waals surface area contributed by atoms with Crippen LogP contribution < -0.4 is 29.6 Å². The Morgan fingerprint density at radius 1 is 0.583 bits per heavy atom. The molecule has 0 unspecified atom stereocenters. The molecule has 0 radical (unpaired) electrons. The molecule has 0 atom stereocenters. The molecule has 0 aliphatic rings. The quantitative estimate of drug-likeness (QED) is 0.0631. The molecular formula is C40H50N6S2+2. The minimum Gasteiger partial charge on any atom is -0.383 e. The fourth-order valence-electron chi connectivity index (χ4n) is 4.88. The lowest BCUT2D eigenvalue weighted by Gasteiger charge is -2.11. The molecular weight excluding hydrogens is 629 g/mol. The molecule has 0 saturated heterocycles. The van der Waals surface area contributed by atoms with Crippen LogP contribution >= 0.6 is 21.6 Å². The van der Waals surface area contributed by atoms with E-state index in [0.29, 0.717) is 0 Å². The average Bonchev–Trinajstić information content (AvgIpc) is 3.09. The number of anilines is 2. The molecule has 48 heavy (non-hydrogen) atoms. The number of allylic oxidation sites excluding steroid dienone is 2. The molecule has 0 aliphatic carbocycles. The van der Waals surface area contributed by atoms with E-state index < -0.39 is 0 Å². The van der Waals surface area contributed by atoms with Crippen molar-refractivity contribution in [2.24, 2.45) is 0 Å². The van der Waals surface area contributed by atoms with Crippen molar-refractivity contribution >= 4 is 57.3 Å². The number of pyridine rings is 2. The first-order valence-electron chi connectivity index (χ1n) is 16.2. The van der Waals surface area contributed by atoms with Crippen molar-refractivity contribution < 1.29 is 9.13 Å². The smallest absolute Gasteiger partial charge is 0.205 e. The number of rotatable bonds is 19. The largest absolute Gasteiger partial charge is 0.383 e. The highest BCUT2D eigenvalue weighted by molar-refractivity contribution is 8.76. The molecule has 2 heterocycles. The molecule has 0 spiro atoms. The van der Waals surface area contributed by atoms with E-state index in [1.165, 1.54) is 22.5 Å². The summed E-state index contributed by atoms with van der Waals surface area (Å²) in [6.45, 7) is 11.8. The predicted molar refractivity (Wildman–Crippen MR) is 212 cm³/mol. The van der Waals surface area contributed by atoms with Crippen molar-refractivity contribution in [1.29, 1.82) is 0 Å². The Hall–Kier alpha value is -4.40. The van der Waals surface area contributed by atoms with Crippen LogP contribution in [0.15, 0.2) is 122 Å². The van der Waals surface area contributed by atoms with E-state index in [9.17, 15) is 0 Å². The maximum Gasteiger partial charge on any atom is 0.205 e. The van der Waals surface area contributed by atoms with Gasteiger partial charge in [-0.2, -0.15) is 9.13 Å². The first kappa shape index (κ1) is 36.4. The first-order chi connectivity index (χ1) is 23.3. The summed E-state index contributed by atoms with van der Waals surface area (Å²) in [6, 6.07) is 29.7. The summed E-state index contributed by atoms with van der Waals surface area (Å²) in [4.78, 5) is 4.22. The van der Waals surface area contributed by atoms with Crippen LogP contribution in [0.1, 0.15) is 22.5 Å². The summed E-state index contributed by atoms with van der Waals surface area (Å²) >= 11 is 0. The lowest BCUT2D eigenvalue weighted by molar-refractivity contribution is -0.691. The minimum atomic E-state index is 0.727. The zero-order valence-electron chi connectivity index (χ0n) is 28.8. The zero-order chi connectivity index (χ0) is 34.1. The summed E-state index contributed by atoms with van der Waals surface area (Å²) in [5.74, 6) is 2.01. The van der Waals surface area contributed by atoms with Crippen LogP contribution in [0.5, 0.6) is 0 Å². The third-order valence-corrected chi connectivity index (χ3v) is 10.00. The van der Waals surface area contributed by atoms with Gasteiger partial charge in [0.05, 0.1) is 11.4 Å². The molecule has 8 heteroatoms. The van der Waals surface area contributed by atoms with E-state index in [0.717, 1.165) is 60.5 Å². The van der Waals surface area contributed by atoms with Gasteiger partial charge in [0.25, 0.3) is 0 Å².